The number of hydrogen-bond acceptors (Lipinski definition) is 5. The smallest absolute Gasteiger partial charge is 0.370 e. The minimum Gasteiger partial charge on any atom is -0.370 e. The molecule has 2 heterocycles. The number of nitrogens with zero attached hydrogens (tertiary/aromatic N) is 5. The summed E-state index contributed by atoms with van der Waals surface area (Å²) in [6, 6.07) is 6.65. The van der Waals surface area contributed by atoms with E-state index < -0.39 is 12.8 Å². The highest BCUT2D eigenvalue weighted by molar-refractivity contribution is 6.30. The summed E-state index contributed by atoms with van der Waals surface area (Å²) in [5.41, 5.74) is 1.38. The van der Waals surface area contributed by atoms with Gasteiger partial charge < -0.3 is 9.64 Å². The van der Waals surface area contributed by atoms with E-state index in [1.807, 2.05) is 0 Å². The third-order valence-electron chi connectivity index (χ3n) is 4.69. The van der Waals surface area contributed by atoms with Crippen LogP contribution in [0.2, 0.25) is 5.02 Å². The summed E-state index contributed by atoms with van der Waals surface area (Å²) in [5.74, 6) is 0.0829. The van der Waals surface area contributed by atoms with Gasteiger partial charge in [0.1, 0.15) is 6.61 Å². The van der Waals surface area contributed by atoms with Crippen molar-refractivity contribution in [3.8, 4) is 6.19 Å². The molecule has 1 atom stereocenters. The number of carbonyl (C=O) groups excluding carboxylic acids is 1. The van der Waals surface area contributed by atoms with Crippen molar-refractivity contribution in [2.24, 2.45) is 10.1 Å². The average Bonchev–Trinajstić information content (AvgIpc) is 3.32. The summed E-state index contributed by atoms with van der Waals surface area (Å²) in [5, 5.41) is 18.0. The molecule has 1 aromatic carbocycles. The number of halogens is 4. The van der Waals surface area contributed by atoms with Gasteiger partial charge in [0.05, 0.1) is 31.4 Å². The van der Waals surface area contributed by atoms with E-state index in [1.54, 1.807) is 35.4 Å². The van der Waals surface area contributed by atoms with Crippen molar-refractivity contribution in [2.45, 2.75) is 25.1 Å². The van der Waals surface area contributed by atoms with Crippen LogP contribution in [0.5, 0.6) is 0 Å². The molecule has 0 aromatic heterocycles. The minimum absolute atomic E-state index is 0.0146. The minimum atomic E-state index is -4.42. The van der Waals surface area contributed by atoms with Gasteiger partial charge in [-0.05, 0) is 18.6 Å². The molecule has 12 heteroatoms. The van der Waals surface area contributed by atoms with E-state index in [9.17, 15) is 18.0 Å². The maximum Gasteiger partial charge on any atom is 0.411 e. The monoisotopic (exact) mass is 456 g/mol. The summed E-state index contributed by atoms with van der Waals surface area (Å²) in [7, 11) is 0. The summed E-state index contributed by atoms with van der Waals surface area (Å²) < 4.78 is 41.1. The third-order valence-corrected chi connectivity index (χ3v) is 4.94. The highest BCUT2D eigenvalue weighted by Crippen LogP contribution is 2.24. The number of rotatable bonds is 6. The Hall–Kier alpha value is -2.84. The second-order valence-corrected chi connectivity index (χ2v) is 7.33. The standard InChI is InChI=1S/C19H20ClF3N6O2/c20-14-5-3-13(4-6-14)17-15(28-8-1-2-16(28)30)10-29(27-17)18(26-12-24)25-7-9-31-11-19(21,22)23/h3-6,15H,1-2,7-11H2,(H,25,26). The van der Waals surface area contributed by atoms with Gasteiger partial charge in [-0.3, -0.25) is 10.1 Å². The Bertz CT molecular complexity index is 897. The van der Waals surface area contributed by atoms with E-state index >= 15 is 0 Å². The quantitative estimate of drug-likeness (QED) is 0.233. The Morgan fingerprint density at radius 1 is 1.39 bits per heavy atom. The molecule has 0 saturated carbocycles. The van der Waals surface area contributed by atoms with Gasteiger partial charge >= 0.3 is 6.18 Å². The van der Waals surface area contributed by atoms with Gasteiger partial charge in [0.25, 0.3) is 0 Å². The lowest BCUT2D eigenvalue weighted by molar-refractivity contribution is -0.173. The van der Waals surface area contributed by atoms with Crippen molar-refractivity contribution >= 4 is 29.2 Å². The number of likely N-dealkylation sites (tertiary alicyclic amines) is 1. The molecule has 0 aliphatic carbocycles. The molecule has 3 rings (SSSR count). The number of ether oxygens (including phenoxy) is 1. The van der Waals surface area contributed by atoms with E-state index in [-0.39, 0.29) is 37.6 Å². The van der Waals surface area contributed by atoms with Crippen molar-refractivity contribution in [2.75, 3.05) is 32.8 Å². The van der Waals surface area contributed by atoms with Crippen LogP contribution in [0.4, 0.5) is 13.2 Å². The van der Waals surface area contributed by atoms with Gasteiger partial charge in [0.2, 0.25) is 11.9 Å². The van der Waals surface area contributed by atoms with E-state index in [1.165, 1.54) is 5.01 Å². The first-order chi connectivity index (χ1) is 14.8. The van der Waals surface area contributed by atoms with Crippen LogP contribution in [-0.2, 0) is 9.53 Å². The zero-order chi connectivity index (χ0) is 22.4. The highest BCUT2D eigenvalue weighted by Gasteiger charge is 2.38. The number of hydrogen-bond donors (Lipinski definition) is 1. The molecule has 31 heavy (non-hydrogen) atoms. The summed E-state index contributed by atoms with van der Waals surface area (Å²) in [6.07, 6.45) is -1.46. The average molecular weight is 457 g/mol. The summed E-state index contributed by atoms with van der Waals surface area (Å²) >= 11 is 5.97. The molecule has 8 nitrogen and oxygen atoms in total. The van der Waals surface area contributed by atoms with E-state index in [0.29, 0.717) is 23.7 Å². The number of nitriles is 1. The lowest BCUT2D eigenvalue weighted by Crippen LogP contribution is -2.45. The van der Waals surface area contributed by atoms with Crippen LogP contribution in [-0.4, -0.2) is 72.6 Å². The maximum absolute atomic E-state index is 12.3. The topological polar surface area (TPSA) is 93.3 Å². The number of nitrogens with one attached hydrogen (secondary N) is 1. The normalized spacial score (nSPS) is 19.6. The predicted molar refractivity (Wildman–Crippen MR) is 107 cm³/mol. The molecule has 0 bridgehead atoms. The van der Waals surface area contributed by atoms with Crippen molar-refractivity contribution in [1.29, 1.82) is 5.26 Å². The number of alkyl halides is 3. The van der Waals surface area contributed by atoms with Crippen LogP contribution in [0.3, 0.4) is 0 Å². The van der Waals surface area contributed by atoms with E-state index in [2.05, 4.69) is 20.1 Å². The van der Waals surface area contributed by atoms with Crippen LogP contribution in [0, 0.1) is 11.5 Å². The molecule has 1 amide bonds. The van der Waals surface area contributed by atoms with E-state index in [0.717, 1.165) is 12.0 Å². The largest absolute Gasteiger partial charge is 0.411 e. The Balaban J connectivity index is 1.79. The van der Waals surface area contributed by atoms with Gasteiger partial charge in [-0.25, -0.2) is 10.0 Å². The molecule has 2 aliphatic heterocycles. The van der Waals surface area contributed by atoms with Gasteiger partial charge in [0.15, 0.2) is 6.19 Å². The zero-order valence-electron chi connectivity index (χ0n) is 16.4. The molecule has 1 saturated heterocycles. The van der Waals surface area contributed by atoms with Crippen LogP contribution in [0.25, 0.3) is 0 Å². The zero-order valence-corrected chi connectivity index (χ0v) is 17.2. The first-order valence-corrected chi connectivity index (χ1v) is 9.92. The molecule has 1 N–H and O–H groups in total. The fourth-order valence-electron chi connectivity index (χ4n) is 3.38. The SMILES string of the molecule is N#CNC(=NCCOCC(F)(F)F)N1CC(N2CCCC2=O)C(c2ccc(Cl)cc2)=N1. The fourth-order valence-corrected chi connectivity index (χ4v) is 3.50. The van der Waals surface area contributed by atoms with Gasteiger partial charge in [-0.2, -0.15) is 23.5 Å². The molecule has 1 aromatic rings. The molecule has 2 aliphatic rings. The second-order valence-electron chi connectivity index (χ2n) is 6.89. The Kier molecular flexibility index (Phi) is 7.35. The van der Waals surface area contributed by atoms with Crippen LogP contribution in [0.15, 0.2) is 34.4 Å². The number of amides is 1. The van der Waals surface area contributed by atoms with Crippen molar-refractivity contribution in [3.05, 3.63) is 34.9 Å². The molecule has 0 radical (unpaired) electrons. The predicted octanol–water partition coefficient (Wildman–Crippen LogP) is 2.36. The second kappa shape index (κ2) is 9.98. The van der Waals surface area contributed by atoms with Gasteiger partial charge in [-0.1, -0.05) is 23.7 Å². The van der Waals surface area contributed by atoms with Gasteiger partial charge in [-0.15, -0.1) is 0 Å². The lowest BCUT2D eigenvalue weighted by atomic mass is 10.0. The van der Waals surface area contributed by atoms with Crippen molar-refractivity contribution in [1.82, 2.24) is 15.2 Å². The maximum atomic E-state index is 12.3. The van der Waals surface area contributed by atoms with E-state index in [4.69, 9.17) is 16.9 Å². The summed E-state index contributed by atoms with van der Waals surface area (Å²) in [4.78, 5) is 18.2. The fraction of sp³-hybridized carbons (Fsp3) is 0.474. The Morgan fingerprint density at radius 2 is 2.13 bits per heavy atom. The van der Waals surface area contributed by atoms with Crippen molar-refractivity contribution < 1.29 is 22.7 Å². The number of guanidine groups is 1. The number of aliphatic imine (C=N–C) groups is 1. The Labute approximate surface area is 181 Å². The molecular formula is C19H20ClF3N6O2. The van der Waals surface area contributed by atoms with Gasteiger partial charge in [0, 0.05) is 23.6 Å². The first kappa shape index (κ1) is 22.8. The van der Waals surface area contributed by atoms with Crippen LogP contribution in [0.1, 0.15) is 18.4 Å². The molecule has 1 unspecified atom stereocenters. The Morgan fingerprint density at radius 3 is 2.74 bits per heavy atom. The number of benzene rings is 1. The summed E-state index contributed by atoms with van der Waals surface area (Å²) in [6.45, 7) is -0.902. The molecule has 0 spiro atoms. The number of hydrazone groups is 1. The van der Waals surface area contributed by atoms with Crippen LogP contribution < -0.4 is 5.32 Å². The highest BCUT2D eigenvalue weighted by atomic mass is 35.5. The molecular weight excluding hydrogens is 437 g/mol. The first-order valence-electron chi connectivity index (χ1n) is 9.54. The van der Waals surface area contributed by atoms with Crippen molar-refractivity contribution in [3.63, 3.8) is 0 Å². The third kappa shape index (κ3) is 6.08. The molecule has 1 fully saturated rings. The molecule has 166 valence electrons. The lowest BCUT2D eigenvalue weighted by Gasteiger charge is -2.25. The van der Waals surface area contributed by atoms with Crippen LogP contribution >= 0.6 is 11.6 Å². The number of carbonyl (C=O) groups is 1.